The highest BCUT2D eigenvalue weighted by molar-refractivity contribution is 7.09. The standard InChI is InChI=1S/C25H25Cl2N3O3S/c1-15-6-9-17(10-7-15)33-13-23-28-22(14-34-23)25(32)30-21-5-3-2-4-20(21)29-24(31)16-8-11-18(26)19(27)12-16/h6-12,14,20-21H,2-5,13H2,1H3,(H,29,31)(H,30,32). The van der Waals surface area contributed by atoms with Crippen molar-refractivity contribution < 1.29 is 14.3 Å². The molecule has 6 nitrogen and oxygen atoms in total. The molecule has 1 heterocycles. The Hall–Kier alpha value is -2.61. The van der Waals surface area contributed by atoms with Crippen molar-refractivity contribution in [2.75, 3.05) is 0 Å². The summed E-state index contributed by atoms with van der Waals surface area (Å²) < 4.78 is 5.76. The van der Waals surface area contributed by atoms with Crippen LogP contribution >= 0.6 is 34.5 Å². The maximum Gasteiger partial charge on any atom is 0.271 e. The van der Waals surface area contributed by atoms with Crippen LogP contribution in [0, 0.1) is 6.92 Å². The van der Waals surface area contributed by atoms with Crippen molar-refractivity contribution in [2.45, 2.75) is 51.3 Å². The number of benzene rings is 2. The van der Waals surface area contributed by atoms with Crippen molar-refractivity contribution in [3.63, 3.8) is 0 Å². The molecule has 0 radical (unpaired) electrons. The predicted molar refractivity (Wildman–Crippen MR) is 135 cm³/mol. The van der Waals surface area contributed by atoms with Gasteiger partial charge in [-0.25, -0.2) is 4.98 Å². The van der Waals surface area contributed by atoms with Crippen molar-refractivity contribution in [3.8, 4) is 5.75 Å². The first kappa shape index (κ1) is 24.5. The lowest BCUT2D eigenvalue weighted by molar-refractivity contribution is 0.0860. The molecule has 1 fully saturated rings. The van der Waals surface area contributed by atoms with Gasteiger partial charge in [-0.1, -0.05) is 53.7 Å². The third-order valence-corrected chi connectivity index (χ3v) is 7.31. The second-order valence-electron chi connectivity index (χ2n) is 8.30. The molecule has 2 N–H and O–H groups in total. The minimum atomic E-state index is -0.251. The maximum atomic E-state index is 12.9. The van der Waals surface area contributed by atoms with E-state index in [0.717, 1.165) is 42.0 Å². The van der Waals surface area contributed by atoms with E-state index < -0.39 is 0 Å². The second-order valence-corrected chi connectivity index (χ2v) is 10.1. The van der Waals surface area contributed by atoms with Gasteiger partial charge in [-0.15, -0.1) is 11.3 Å². The average Bonchev–Trinajstić information content (AvgIpc) is 3.31. The van der Waals surface area contributed by atoms with Crippen LogP contribution in [0.5, 0.6) is 5.75 Å². The number of thiazole rings is 1. The zero-order valence-corrected chi connectivity index (χ0v) is 21.0. The molecule has 2 aromatic carbocycles. The Morgan fingerprint density at radius 3 is 2.35 bits per heavy atom. The molecule has 4 rings (SSSR count). The number of carbonyl (C=O) groups excluding carboxylic acids is 2. The Bertz CT molecular complexity index is 1170. The minimum absolute atomic E-state index is 0.178. The van der Waals surface area contributed by atoms with Gasteiger partial charge in [0, 0.05) is 23.0 Å². The number of nitrogens with one attached hydrogen (secondary N) is 2. The Kier molecular flexibility index (Phi) is 8.08. The van der Waals surface area contributed by atoms with Crippen LogP contribution in [0.25, 0.3) is 0 Å². The summed E-state index contributed by atoms with van der Waals surface area (Å²) in [6.07, 6.45) is 3.53. The molecule has 178 valence electrons. The van der Waals surface area contributed by atoms with Crippen LogP contribution in [0.1, 0.15) is 57.1 Å². The van der Waals surface area contributed by atoms with Gasteiger partial charge >= 0.3 is 0 Å². The van der Waals surface area contributed by atoms with Gasteiger partial charge in [0.25, 0.3) is 11.8 Å². The van der Waals surface area contributed by atoms with Crippen LogP contribution in [0.3, 0.4) is 0 Å². The molecule has 0 saturated heterocycles. The number of aryl methyl sites for hydroxylation is 1. The molecule has 2 amide bonds. The van der Waals surface area contributed by atoms with Gasteiger partial charge in [0.05, 0.1) is 10.0 Å². The summed E-state index contributed by atoms with van der Waals surface area (Å²) in [6.45, 7) is 2.32. The molecule has 3 aromatic rings. The summed E-state index contributed by atoms with van der Waals surface area (Å²) >= 11 is 13.4. The molecule has 0 bridgehead atoms. The van der Waals surface area contributed by atoms with E-state index in [0.29, 0.717) is 27.9 Å². The lowest BCUT2D eigenvalue weighted by atomic mass is 9.90. The molecule has 34 heavy (non-hydrogen) atoms. The molecule has 1 saturated carbocycles. The van der Waals surface area contributed by atoms with E-state index in [4.69, 9.17) is 27.9 Å². The van der Waals surface area contributed by atoms with Crippen LogP contribution in [0.4, 0.5) is 0 Å². The molecule has 9 heteroatoms. The lowest BCUT2D eigenvalue weighted by Crippen LogP contribution is -2.53. The van der Waals surface area contributed by atoms with E-state index in [1.807, 2.05) is 31.2 Å². The highest BCUT2D eigenvalue weighted by Crippen LogP contribution is 2.24. The first-order chi connectivity index (χ1) is 16.4. The summed E-state index contributed by atoms with van der Waals surface area (Å²) in [4.78, 5) is 30.0. The molecule has 0 spiro atoms. The van der Waals surface area contributed by atoms with Gasteiger partial charge in [0.15, 0.2) is 0 Å². The summed E-state index contributed by atoms with van der Waals surface area (Å²) in [5, 5.41) is 9.28. The highest BCUT2D eigenvalue weighted by Gasteiger charge is 2.29. The monoisotopic (exact) mass is 517 g/mol. The molecular weight excluding hydrogens is 493 g/mol. The number of aromatic nitrogens is 1. The van der Waals surface area contributed by atoms with E-state index in [1.165, 1.54) is 11.3 Å². The molecule has 2 unspecified atom stereocenters. The van der Waals surface area contributed by atoms with Gasteiger partial charge in [0.1, 0.15) is 23.1 Å². The van der Waals surface area contributed by atoms with E-state index in [-0.39, 0.29) is 23.9 Å². The lowest BCUT2D eigenvalue weighted by Gasteiger charge is -2.32. The summed E-state index contributed by atoms with van der Waals surface area (Å²) in [6, 6.07) is 12.2. The van der Waals surface area contributed by atoms with Crippen molar-refractivity contribution in [2.24, 2.45) is 0 Å². The molecular formula is C25H25Cl2N3O3S. The van der Waals surface area contributed by atoms with Gasteiger partial charge in [-0.05, 0) is 50.1 Å². The number of amides is 2. The number of halogens is 2. The van der Waals surface area contributed by atoms with Crippen LogP contribution in [0.2, 0.25) is 10.0 Å². The van der Waals surface area contributed by atoms with E-state index in [1.54, 1.807) is 23.6 Å². The second kappa shape index (κ2) is 11.2. The number of rotatable bonds is 7. The molecule has 0 aliphatic heterocycles. The Labute approximate surface area is 212 Å². The molecule has 1 aromatic heterocycles. The smallest absolute Gasteiger partial charge is 0.271 e. The van der Waals surface area contributed by atoms with Crippen LogP contribution in [-0.4, -0.2) is 28.9 Å². The fraction of sp³-hybridized carbons (Fsp3) is 0.320. The third-order valence-electron chi connectivity index (χ3n) is 5.75. The average molecular weight is 518 g/mol. The normalized spacial score (nSPS) is 17.7. The SMILES string of the molecule is Cc1ccc(OCc2nc(C(=O)NC3CCCCC3NC(=O)c3ccc(Cl)c(Cl)c3)cs2)cc1. The number of carbonyl (C=O) groups is 2. The van der Waals surface area contributed by atoms with E-state index in [2.05, 4.69) is 15.6 Å². The Balaban J connectivity index is 1.34. The quantitative estimate of drug-likeness (QED) is 0.414. The zero-order chi connectivity index (χ0) is 24.1. The Morgan fingerprint density at radius 1 is 1.00 bits per heavy atom. The van der Waals surface area contributed by atoms with Crippen molar-refractivity contribution in [1.82, 2.24) is 15.6 Å². The van der Waals surface area contributed by atoms with Gasteiger partial charge in [-0.2, -0.15) is 0 Å². The van der Waals surface area contributed by atoms with Crippen LogP contribution < -0.4 is 15.4 Å². The van der Waals surface area contributed by atoms with Gasteiger partial charge < -0.3 is 15.4 Å². The first-order valence-corrected chi connectivity index (χ1v) is 12.7. The maximum absolute atomic E-state index is 12.9. The Morgan fingerprint density at radius 2 is 1.68 bits per heavy atom. The van der Waals surface area contributed by atoms with Crippen molar-refractivity contribution in [1.29, 1.82) is 0 Å². The largest absolute Gasteiger partial charge is 0.486 e. The van der Waals surface area contributed by atoms with E-state index >= 15 is 0 Å². The third kappa shape index (κ3) is 6.29. The zero-order valence-electron chi connectivity index (χ0n) is 18.6. The minimum Gasteiger partial charge on any atom is -0.486 e. The van der Waals surface area contributed by atoms with Crippen LogP contribution in [-0.2, 0) is 6.61 Å². The van der Waals surface area contributed by atoms with Crippen molar-refractivity contribution >= 4 is 46.4 Å². The number of hydrogen-bond acceptors (Lipinski definition) is 5. The van der Waals surface area contributed by atoms with E-state index in [9.17, 15) is 9.59 Å². The van der Waals surface area contributed by atoms with Gasteiger partial charge in [0.2, 0.25) is 0 Å². The fourth-order valence-electron chi connectivity index (χ4n) is 3.87. The topological polar surface area (TPSA) is 80.3 Å². The molecule has 1 aliphatic rings. The van der Waals surface area contributed by atoms with Crippen molar-refractivity contribution in [3.05, 3.63) is 79.7 Å². The molecule has 2 atom stereocenters. The summed E-state index contributed by atoms with van der Waals surface area (Å²) in [7, 11) is 0. The predicted octanol–water partition coefficient (Wildman–Crippen LogP) is 5.81. The fourth-order valence-corrected chi connectivity index (χ4v) is 4.85. The number of nitrogens with zero attached hydrogens (tertiary/aromatic N) is 1. The number of ether oxygens (including phenoxy) is 1. The van der Waals surface area contributed by atoms with Crippen LogP contribution in [0.15, 0.2) is 47.8 Å². The molecule has 1 aliphatic carbocycles. The first-order valence-electron chi connectivity index (χ1n) is 11.1. The number of hydrogen-bond donors (Lipinski definition) is 2. The summed E-state index contributed by atoms with van der Waals surface area (Å²) in [5.41, 5.74) is 1.95. The highest BCUT2D eigenvalue weighted by atomic mass is 35.5. The summed E-state index contributed by atoms with van der Waals surface area (Å²) in [5.74, 6) is 0.266. The van der Waals surface area contributed by atoms with Gasteiger partial charge in [-0.3, -0.25) is 9.59 Å².